The van der Waals surface area contributed by atoms with Gasteiger partial charge in [-0.1, -0.05) is 0 Å². The quantitative estimate of drug-likeness (QED) is 0.894. The van der Waals surface area contributed by atoms with Crippen LogP contribution in [-0.2, 0) is 9.53 Å². The fourth-order valence-electron chi connectivity index (χ4n) is 2.52. The van der Waals surface area contributed by atoms with Crippen LogP contribution in [0.25, 0.3) is 0 Å². The zero-order chi connectivity index (χ0) is 14.8. The molecule has 0 aromatic carbocycles. The minimum atomic E-state index is -0.989. The van der Waals surface area contributed by atoms with Crippen LogP contribution in [0.15, 0.2) is 15.9 Å². The van der Waals surface area contributed by atoms with E-state index in [1.807, 2.05) is 6.07 Å². The minimum Gasteiger partial charge on any atom is -0.481 e. The molecule has 2 heterocycles. The van der Waals surface area contributed by atoms with Crippen molar-refractivity contribution >= 4 is 39.1 Å². The van der Waals surface area contributed by atoms with Gasteiger partial charge in [0.2, 0.25) is 0 Å². The summed E-state index contributed by atoms with van der Waals surface area (Å²) in [6.07, 6.45) is 1.21. The summed E-state index contributed by atoms with van der Waals surface area (Å²) in [5, 5.41) is 9.47. The largest absolute Gasteiger partial charge is 0.481 e. The van der Waals surface area contributed by atoms with Crippen molar-refractivity contribution in [2.24, 2.45) is 5.41 Å². The number of halogens is 1. The molecule has 1 aliphatic heterocycles. The first-order chi connectivity index (χ1) is 9.48. The highest BCUT2D eigenvalue weighted by Crippen LogP contribution is 2.32. The summed E-state index contributed by atoms with van der Waals surface area (Å²) >= 11 is 4.69. The molecule has 0 spiro atoms. The second-order valence-corrected chi connectivity index (χ2v) is 7.42. The Morgan fingerprint density at radius 2 is 2.30 bits per heavy atom. The third-order valence-electron chi connectivity index (χ3n) is 3.52. The molecule has 1 saturated heterocycles. The molecule has 2 rings (SSSR count). The van der Waals surface area contributed by atoms with Gasteiger partial charge in [0.1, 0.15) is 5.41 Å². The Morgan fingerprint density at radius 1 is 1.55 bits per heavy atom. The average molecular weight is 362 g/mol. The van der Waals surface area contributed by atoms with Crippen LogP contribution in [0.2, 0.25) is 0 Å². The van der Waals surface area contributed by atoms with Crippen molar-refractivity contribution in [3.63, 3.8) is 0 Å². The Bertz CT molecular complexity index is 514. The molecule has 1 aromatic rings. The number of carbonyl (C=O) groups is 2. The van der Waals surface area contributed by atoms with Gasteiger partial charge in [0, 0.05) is 20.2 Å². The third kappa shape index (κ3) is 3.05. The topological polar surface area (TPSA) is 66.8 Å². The second kappa shape index (κ2) is 6.24. The molecular formula is C13H16BrNO4S. The van der Waals surface area contributed by atoms with Gasteiger partial charge in [-0.25, -0.2) is 0 Å². The molecule has 1 fully saturated rings. The normalized spacial score (nSPS) is 22.8. The van der Waals surface area contributed by atoms with E-state index in [4.69, 9.17) is 4.74 Å². The fourth-order valence-corrected chi connectivity index (χ4v) is 3.87. The van der Waals surface area contributed by atoms with Crippen molar-refractivity contribution in [3.05, 3.63) is 20.8 Å². The van der Waals surface area contributed by atoms with Gasteiger partial charge in [0.05, 0.1) is 15.3 Å². The molecule has 1 aromatic heterocycles. The summed E-state index contributed by atoms with van der Waals surface area (Å²) in [5.41, 5.74) is -0.989. The monoisotopic (exact) mass is 361 g/mol. The smallest absolute Gasteiger partial charge is 0.313 e. The highest BCUT2D eigenvalue weighted by molar-refractivity contribution is 9.11. The molecule has 1 atom stereocenters. The molecule has 5 nitrogen and oxygen atoms in total. The van der Waals surface area contributed by atoms with Crippen LogP contribution in [0.4, 0.5) is 0 Å². The fraction of sp³-hybridized carbons (Fsp3) is 0.538. The van der Waals surface area contributed by atoms with Gasteiger partial charge < -0.3 is 14.7 Å². The summed E-state index contributed by atoms with van der Waals surface area (Å²) in [5.74, 6) is -1.01. The van der Waals surface area contributed by atoms with Crippen molar-refractivity contribution in [3.8, 4) is 0 Å². The number of aliphatic carboxylic acids is 1. The van der Waals surface area contributed by atoms with Crippen LogP contribution < -0.4 is 0 Å². The molecule has 0 saturated carbocycles. The summed E-state index contributed by atoms with van der Waals surface area (Å²) in [6.45, 7) is 0.915. The number of rotatable bonds is 4. The SMILES string of the molecule is COCC1(C(=O)O)CCCN(C(=O)c2ccc(Br)s2)C1. The molecular weight excluding hydrogens is 346 g/mol. The lowest BCUT2D eigenvalue weighted by Gasteiger charge is -2.39. The number of piperidine rings is 1. The van der Waals surface area contributed by atoms with Crippen molar-refractivity contribution in [2.75, 3.05) is 26.8 Å². The molecule has 1 amide bonds. The Kier molecular flexibility index (Phi) is 4.82. The summed E-state index contributed by atoms with van der Waals surface area (Å²) in [6, 6.07) is 3.58. The number of carboxylic acid groups (broad SMARTS) is 1. The number of hydrogen-bond acceptors (Lipinski definition) is 4. The molecule has 1 aliphatic rings. The van der Waals surface area contributed by atoms with E-state index in [0.29, 0.717) is 24.3 Å². The first-order valence-corrected chi connectivity index (χ1v) is 7.86. The maximum atomic E-state index is 12.4. The van der Waals surface area contributed by atoms with E-state index < -0.39 is 11.4 Å². The molecule has 0 bridgehead atoms. The van der Waals surface area contributed by atoms with Crippen molar-refractivity contribution < 1.29 is 19.4 Å². The lowest BCUT2D eigenvalue weighted by Crippen LogP contribution is -2.52. The number of likely N-dealkylation sites (tertiary alicyclic amines) is 1. The number of ether oxygens (including phenoxy) is 1. The Labute approximate surface area is 129 Å². The van der Waals surface area contributed by atoms with Crippen LogP contribution in [-0.4, -0.2) is 48.7 Å². The standard InChI is InChI=1S/C13H16BrNO4S/c1-19-8-13(12(17)18)5-2-6-15(7-13)11(16)9-3-4-10(14)20-9/h3-4H,2,5-8H2,1H3,(H,17,18). The summed E-state index contributed by atoms with van der Waals surface area (Å²) in [7, 11) is 1.49. The average Bonchev–Trinajstić information content (AvgIpc) is 2.85. The highest BCUT2D eigenvalue weighted by atomic mass is 79.9. The van der Waals surface area contributed by atoms with Gasteiger partial charge in [-0.3, -0.25) is 9.59 Å². The second-order valence-electron chi connectivity index (χ2n) is 4.95. The molecule has 20 heavy (non-hydrogen) atoms. The molecule has 0 aliphatic carbocycles. The number of thiophene rings is 1. The molecule has 110 valence electrons. The van der Waals surface area contributed by atoms with E-state index in [1.165, 1.54) is 18.4 Å². The molecule has 7 heteroatoms. The first-order valence-electron chi connectivity index (χ1n) is 6.25. The van der Waals surface area contributed by atoms with Crippen molar-refractivity contribution in [1.29, 1.82) is 0 Å². The van der Waals surface area contributed by atoms with Crippen molar-refractivity contribution in [2.45, 2.75) is 12.8 Å². The predicted molar refractivity (Wildman–Crippen MR) is 79.1 cm³/mol. The van der Waals surface area contributed by atoms with E-state index in [9.17, 15) is 14.7 Å². The van der Waals surface area contributed by atoms with Gasteiger partial charge in [0.15, 0.2) is 0 Å². The first kappa shape index (κ1) is 15.5. The predicted octanol–water partition coefficient (Wildman–Crippen LogP) is 2.46. The minimum absolute atomic E-state index is 0.109. The summed E-state index contributed by atoms with van der Waals surface area (Å²) < 4.78 is 5.95. The van der Waals surface area contributed by atoms with Crippen LogP contribution >= 0.6 is 27.3 Å². The van der Waals surface area contributed by atoms with Gasteiger partial charge in [-0.2, -0.15) is 0 Å². The summed E-state index contributed by atoms with van der Waals surface area (Å²) in [4.78, 5) is 26.2. The number of methoxy groups -OCH3 is 1. The van der Waals surface area contributed by atoms with Crippen LogP contribution in [0.1, 0.15) is 22.5 Å². The molecule has 1 unspecified atom stereocenters. The number of hydrogen-bond donors (Lipinski definition) is 1. The van der Waals surface area contributed by atoms with E-state index in [1.54, 1.807) is 11.0 Å². The van der Waals surface area contributed by atoms with E-state index in [2.05, 4.69) is 15.9 Å². The van der Waals surface area contributed by atoms with Gasteiger partial charge in [-0.15, -0.1) is 11.3 Å². The molecule has 1 N–H and O–H groups in total. The van der Waals surface area contributed by atoms with Gasteiger partial charge >= 0.3 is 5.97 Å². The van der Waals surface area contributed by atoms with Crippen molar-refractivity contribution in [1.82, 2.24) is 4.90 Å². The number of carboxylic acids is 1. The zero-order valence-corrected chi connectivity index (χ0v) is 13.5. The maximum Gasteiger partial charge on any atom is 0.313 e. The van der Waals surface area contributed by atoms with Gasteiger partial charge in [0.25, 0.3) is 5.91 Å². The Balaban J connectivity index is 2.17. The Morgan fingerprint density at radius 3 is 2.85 bits per heavy atom. The lowest BCUT2D eigenvalue weighted by atomic mass is 9.80. The van der Waals surface area contributed by atoms with E-state index >= 15 is 0 Å². The van der Waals surface area contributed by atoms with Crippen LogP contribution in [0.5, 0.6) is 0 Å². The van der Waals surface area contributed by atoms with E-state index in [-0.39, 0.29) is 19.1 Å². The van der Waals surface area contributed by atoms with Crippen LogP contribution in [0.3, 0.4) is 0 Å². The Hall–Kier alpha value is -0.920. The number of carbonyl (C=O) groups excluding carboxylic acids is 1. The van der Waals surface area contributed by atoms with Gasteiger partial charge in [-0.05, 0) is 40.9 Å². The zero-order valence-electron chi connectivity index (χ0n) is 11.1. The molecule has 0 radical (unpaired) electrons. The lowest BCUT2D eigenvalue weighted by molar-refractivity contribution is -0.155. The maximum absolute atomic E-state index is 12.4. The number of nitrogens with zero attached hydrogens (tertiary/aromatic N) is 1. The number of amides is 1. The van der Waals surface area contributed by atoms with E-state index in [0.717, 1.165) is 3.79 Å². The third-order valence-corrected chi connectivity index (χ3v) is 5.13. The van der Waals surface area contributed by atoms with Crippen LogP contribution in [0, 0.1) is 5.41 Å². The highest BCUT2D eigenvalue weighted by Gasteiger charge is 2.44.